The summed E-state index contributed by atoms with van der Waals surface area (Å²) in [6.45, 7) is 19.4. The maximum atomic E-state index is 14.5. The van der Waals surface area contributed by atoms with Crippen molar-refractivity contribution in [3.63, 3.8) is 0 Å². The van der Waals surface area contributed by atoms with Crippen LogP contribution in [0.3, 0.4) is 0 Å². The predicted molar refractivity (Wildman–Crippen MR) is 305 cm³/mol. The number of likely N-dealkylation sites (N-methyl/N-ethyl adjacent to an activating group) is 6. The van der Waals surface area contributed by atoms with Crippen molar-refractivity contribution in [2.45, 2.75) is 176 Å². The van der Waals surface area contributed by atoms with Crippen LogP contribution in [0.1, 0.15) is 114 Å². The molecule has 454 valence electrons. The third kappa shape index (κ3) is 20.4. The quantitative estimate of drug-likeness (QED) is 0.184. The van der Waals surface area contributed by atoms with Crippen LogP contribution in [0, 0.1) is 23.7 Å². The third-order valence-electron chi connectivity index (χ3n) is 14.5. The van der Waals surface area contributed by atoms with E-state index in [2.05, 4.69) is 31.9 Å². The summed E-state index contributed by atoms with van der Waals surface area (Å²) in [5, 5.41) is 16.1. The second kappa shape index (κ2) is 31.7. The van der Waals surface area contributed by atoms with E-state index in [0.29, 0.717) is 5.56 Å². The molecule has 0 saturated carbocycles. The summed E-state index contributed by atoms with van der Waals surface area (Å²) in [5.74, 6) is -9.50. The Bertz CT molecular complexity index is 2400. The highest BCUT2D eigenvalue weighted by atomic mass is 16.2. The van der Waals surface area contributed by atoms with Gasteiger partial charge in [-0.2, -0.15) is 0 Å². The average molecular weight is 1140 g/mol. The van der Waals surface area contributed by atoms with Crippen LogP contribution in [0.4, 0.5) is 0 Å². The molecule has 0 unspecified atom stereocenters. The average Bonchev–Trinajstić information content (AvgIpc) is 3.39. The number of nitrogens with one attached hydrogen (secondary N) is 6. The molecule has 0 spiro atoms. The lowest BCUT2D eigenvalue weighted by Gasteiger charge is -2.35. The second-order valence-corrected chi connectivity index (χ2v) is 23.3. The van der Waals surface area contributed by atoms with Gasteiger partial charge in [-0.15, -0.1) is 0 Å². The molecule has 6 N–H and O–H groups in total. The van der Waals surface area contributed by atoms with E-state index in [1.165, 1.54) is 91.7 Å². The molecule has 1 heterocycles. The summed E-state index contributed by atoms with van der Waals surface area (Å²) in [4.78, 5) is 176. The SMILES string of the molecule is CC(C)C[C@@H]1NC(=O)[C@H](C)N(C)C(=O)CNC(=O)[C@H](Cc2ccccc2)N(C)C(=O)[C@H](C)NC(=O)[C@H](CC(C)C)N(C)C(=O)[C@H](CC(C)C)NC(=O)[C@H](C)N(C)C(=O)C[C@@H](C(=O)N(C)C)NC(=O)[C@H](C(C)C)N(C)C(=O)[C@H](C)NC1=O. The van der Waals surface area contributed by atoms with Crippen molar-refractivity contribution >= 4 is 70.9 Å². The minimum absolute atomic E-state index is 0.00124. The Balaban J connectivity index is 2.77. The van der Waals surface area contributed by atoms with Crippen LogP contribution in [0.15, 0.2) is 30.3 Å². The van der Waals surface area contributed by atoms with Crippen molar-refractivity contribution in [1.82, 2.24) is 61.3 Å². The van der Waals surface area contributed by atoms with Crippen molar-refractivity contribution in [2.24, 2.45) is 23.7 Å². The molecule has 10 atom stereocenters. The van der Waals surface area contributed by atoms with Gasteiger partial charge < -0.3 is 61.3 Å². The summed E-state index contributed by atoms with van der Waals surface area (Å²) < 4.78 is 0. The molecular weight excluding hydrogens is 1040 g/mol. The summed E-state index contributed by atoms with van der Waals surface area (Å²) in [6, 6.07) is -3.54. The van der Waals surface area contributed by atoms with Gasteiger partial charge in [-0.1, -0.05) is 85.7 Å². The Morgan fingerprint density at radius 1 is 0.506 bits per heavy atom. The van der Waals surface area contributed by atoms with Gasteiger partial charge in [0.1, 0.15) is 60.4 Å². The lowest BCUT2D eigenvalue weighted by atomic mass is 9.98. The molecule has 24 heteroatoms. The number of rotatable bonds is 10. The van der Waals surface area contributed by atoms with Gasteiger partial charge in [0.15, 0.2) is 0 Å². The highest BCUT2D eigenvalue weighted by Gasteiger charge is 2.40. The first-order valence-electron chi connectivity index (χ1n) is 27.9. The summed E-state index contributed by atoms with van der Waals surface area (Å²) in [5.41, 5.74) is 0.674. The Labute approximate surface area is 479 Å². The van der Waals surface area contributed by atoms with E-state index in [0.717, 1.165) is 14.7 Å². The van der Waals surface area contributed by atoms with E-state index < -0.39 is 150 Å². The van der Waals surface area contributed by atoms with Crippen LogP contribution < -0.4 is 31.9 Å². The fourth-order valence-electron chi connectivity index (χ4n) is 9.36. The standard InChI is InChI=1S/C57H94N12O12/c1-31(2)25-40-50(74)59-36(10)55(79)69(19)47(34(7)8)53(77)63-42(56(80)64(13)14)29-45(70)65(15)37(11)49(73)62-41(26-32(3)4)57(81)68(18)43(27-33(5)6)52(76)60-35(9)54(78)67(17)44(28-39-23-21-20-22-24-39)51(75)58-30-46(71)66(16)38(12)48(72)61-40/h20-24,31-38,40-44,47H,25-30H2,1-19H3,(H,58,75)(H,59,74)(H,60,76)(H,61,72)(H,62,73)(H,63,77)/t35-,36-,37-,38-,40-,41-,42-,43-,44-,47-/m0/s1. The first-order chi connectivity index (χ1) is 37.5. The number of benzene rings is 1. The van der Waals surface area contributed by atoms with Crippen LogP contribution in [-0.2, 0) is 64.0 Å². The smallest absolute Gasteiger partial charge is 0.245 e. The van der Waals surface area contributed by atoms with Gasteiger partial charge in [0.05, 0.1) is 13.0 Å². The molecule has 0 aromatic heterocycles. The van der Waals surface area contributed by atoms with Crippen LogP contribution in [0.25, 0.3) is 0 Å². The van der Waals surface area contributed by atoms with Gasteiger partial charge in [0.2, 0.25) is 70.9 Å². The zero-order valence-corrected chi connectivity index (χ0v) is 51.3. The Kier molecular flexibility index (Phi) is 27.4. The topological polar surface area (TPSA) is 296 Å². The second-order valence-electron chi connectivity index (χ2n) is 23.3. The molecule has 0 aliphatic carbocycles. The molecule has 2 rings (SSSR count). The lowest BCUT2D eigenvalue weighted by Crippen LogP contribution is -2.60. The number of carbonyl (C=O) groups is 12. The number of carbonyl (C=O) groups excluding carboxylic acids is 12. The van der Waals surface area contributed by atoms with Crippen molar-refractivity contribution in [3.05, 3.63) is 35.9 Å². The molecule has 1 aromatic rings. The van der Waals surface area contributed by atoms with E-state index in [1.54, 1.807) is 44.2 Å². The molecule has 0 bridgehead atoms. The predicted octanol–water partition coefficient (Wildman–Crippen LogP) is 0.270. The van der Waals surface area contributed by atoms with Crippen LogP contribution >= 0.6 is 0 Å². The highest BCUT2D eigenvalue weighted by molar-refractivity contribution is 5.99. The molecule has 1 aromatic carbocycles. The minimum atomic E-state index is -1.47. The molecule has 1 saturated heterocycles. The zero-order chi connectivity index (χ0) is 62.1. The third-order valence-corrected chi connectivity index (χ3v) is 14.5. The van der Waals surface area contributed by atoms with E-state index >= 15 is 0 Å². The van der Waals surface area contributed by atoms with Gasteiger partial charge in [0.25, 0.3) is 0 Å². The largest absolute Gasteiger partial charge is 0.347 e. The van der Waals surface area contributed by atoms with Gasteiger partial charge in [-0.3, -0.25) is 57.5 Å². The monoisotopic (exact) mass is 1140 g/mol. The highest BCUT2D eigenvalue weighted by Crippen LogP contribution is 2.19. The first kappa shape index (κ1) is 70.0. The Morgan fingerprint density at radius 3 is 1.46 bits per heavy atom. The van der Waals surface area contributed by atoms with E-state index in [1.807, 2.05) is 41.5 Å². The van der Waals surface area contributed by atoms with E-state index in [4.69, 9.17) is 0 Å². The summed E-state index contributed by atoms with van der Waals surface area (Å²) in [7, 11) is 9.70. The molecule has 12 amide bonds. The van der Waals surface area contributed by atoms with Crippen molar-refractivity contribution in [1.29, 1.82) is 0 Å². The number of hydrogen-bond acceptors (Lipinski definition) is 12. The fourth-order valence-corrected chi connectivity index (χ4v) is 9.36. The Morgan fingerprint density at radius 2 is 0.963 bits per heavy atom. The first-order valence-corrected chi connectivity index (χ1v) is 27.9. The van der Waals surface area contributed by atoms with Gasteiger partial charge in [-0.25, -0.2) is 0 Å². The fraction of sp³-hybridized carbons (Fsp3) is 0.684. The van der Waals surface area contributed by atoms with Gasteiger partial charge in [-0.05, 0) is 76.2 Å². The molecule has 1 fully saturated rings. The Hall–Kier alpha value is -7.14. The molecule has 24 nitrogen and oxygen atoms in total. The molecule has 0 radical (unpaired) electrons. The van der Waals surface area contributed by atoms with Crippen molar-refractivity contribution in [3.8, 4) is 0 Å². The number of hydrogen-bond donors (Lipinski definition) is 6. The normalized spacial score (nSPS) is 26.3. The van der Waals surface area contributed by atoms with Crippen LogP contribution in [-0.4, -0.2) is 217 Å². The van der Waals surface area contributed by atoms with E-state index in [9.17, 15) is 57.5 Å². The van der Waals surface area contributed by atoms with Gasteiger partial charge >= 0.3 is 0 Å². The maximum absolute atomic E-state index is 14.5. The number of nitrogens with zero attached hydrogens (tertiary/aromatic N) is 6. The van der Waals surface area contributed by atoms with Gasteiger partial charge in [0, 0.05) is 55.8 Å². The molecule has 1 aliphatic rings. The maximum Gasteiger partial charge on any atom is 0.245 e. The lowest BCUT2D eigenvalue weighted by molar-refractivity contribution is -0.147. The minimum Gasteiger partial charge on any atom is -0.347 e. The molecule has 81 heavy (non-hydrogen) atoms. The number of amides is 12. The van der Waals surface area contributed by atoms with Crippen LogP contribution in [0.2, 0.25) is 0 Å². The van der Waals surface area contributed by atoms with Crippen molar-refractivity contribution < 1.29 is 57.5 Å². The van der Waals surface area contributed by atoms with Crippen LogP contribution in [0.5, 0.6) is 0 Å². The summed E-state index contributed by atoms with van der Waals surface area (Å²) >= 11 is 0. The zero-order valence-electron chi connectivity index (χ0n) is 51.3. The summed E-state index contributed by atoms with van der Waals surface area (Å²) in [6.07, 6.45) is -0.224. The molecule has 1 aliphatic heterocycles. The molecular formula is C57H94N12O12. The van der Waals surface area contributed by atoms with E-state index in [-0.39, 0.29) is 43.4 Å². The van der Waals surface area contributed by atoms with Crippen molar-refractivity contribution in [2.75, 3.05) is 55.9 Å².